The first-order valence-electron chi connectivity index (χ1n) is 7.74. The van der Waals surface area contributed by atoms with Crippen LogP contribution in [0.15, 0.2) is 54.6 Å². The summed E-state index contributed by atoms with van der Waals surface area (Å²) in [4.78, 5) is 4.84. The third-order valence-corrected chi connectivity index (χ3v) is 5.13. The standard InChI is InChI=1S/C21H17NS/c1-14-7-8-15(2)17(13-14)10-12-20-22-21-18-6-4-3-5-16(18)9-11-19(21)23-20/h3-13H,1-2H3. The van der Waals surface area contributed by atoms with Crippen molar-refractivity contribution in [3.63, 3.8) is 0 Å². The van der Waals surface area contributed by atoms with Crippen molar-refractivity contribution < 1.29 is 0 Å². The summed E-state index contributed by atoms with van der Waals surface area (Å²) < 4.78 is 1.24. The van der Waals surface area contributed by atoms with Crippen LogP contribution < -0.4 is 0 Å². The lowest BCUT2D eigenvalue weighted by Gasteiger charge is -2.00. The van der Waals surface area contributed by atoms with Gasteiger partial charge in [-0.15, -0.1) is 11.3 Å². The summed E-state index contributed by atoms with van der Waals surface area (Å²) in [5.74, 6) is 0. The molecular formula is C21H17NS. The van der Waals surface area contributed by atoms with Gasteiger partial charge < -0.3 is 0 Å². The van der Waals surface area contributed by atoms with E-state index in [-0.39, 0.29) is 0 Å². The number of nitrogens with zero attached hydrogens (tertiary/aromatic N) is 1. The highest BCUT2D eigenvalue weighted by molar-refractivity contribution is 7.19. The maximum atomic E-state index is 4.84. The van der Waals surface area contributed by atoms with Crippen LogP contribution in [-0.2, 0) is 0 Å². The van der Waals surface area contributed by atoms with Crippen molar-refractivity contribution in [1.82, 2.24) is 4.98 Å². The quantitative estimate of drug-likeness (QED) is 0.427. The van der Waals surface area contributed by atoms with Gasteiger partial charge >= 0.3 is 0 Å². The normalized spacial score (nSPS) is 11.7. The van der Waals surface area contributed by atoms with Gasteiger partial charge in [0.05, 0.1) is 10.2 Å². The van der Waals surface area contributed by atoms with E-state index in [0.717, 1.165) is 10.5 Å². The average molecular weight is 315 g/mol. The Morgan fingerprint density at radius 3 is 2.70 bits per heavy atom. The highest BCUT2D eigenvalue weighted by Crippen LogP contribution is 2.30. The van der Waals surface area contributed by atoms with Crippen LogP contribution in [0.25, 0.3) is 33.1 Å². The molecule has 0 aliphatic rings. The Hall–Kier alpha value is -2.45. The molecule has 4 rings (SSSR count). The maximum Gasteiger partial charge on any atom is 0.117 e. The molecule has 112 valence electrons. The van der Waals surface area contributed by atoms with Gasteiger partial charge in [-0.05, 0) is 42.5 Å². The van der Waals surface area contributed by atoms with Crippen LogP contribution in [0.2, 0.25) is 0 Å². The molecule has 3 aromatic carbocycles. The Kier molecular flexibility index (Phi) is 3.47. The summed E-state index contributed by atoms with van der Waals surface area (Å²) in [6.45, 7) is 4.27. The van der Waals surface area contributed by atoms with E-state index in [1.54, 1.807) is 11.3 Å². The van der Waals surface area contributed by atoms with Gasteiger partial charge in [-0.1, -0.05) is 60.2 Å². The molecule has 23 heavy (non-hydrogen) atoms. The van der Waals surface area contributed by atoms with Crippen molar-refractivity contribution in [2.45, 2.75) is 13.8 Å². The first-order chi connectivity index (χ1) is 11.2. The molecular weight excluding hydrogens is 298 g/mol. The van der Waals surface area contributed by atoms with Crippen molar-refractivity contribution in [2.75, 3.05) is 0 Å². The number of thiazole rings is 1. The van der Waals surface area contributed by atoms with Crippen molar-refractivity contribution in [3.8, 4) is 0 Å². The number of fused-ring (bicyclic) bond motifs is 3. The number of rotatable bonds is 2. The Bertz CT molecular complexity index is 1040. The molecule has 1 nitrogen and oxygen atoms in total. The molecule has 0 bridgehead atoms. The second-order valence-corrected chi connectivity index (χ2v) is 6.94. The minimum atomic E-state index is 1.05. The van der Waals surface area contributed by atoms with Gasteiger partial charge in [0.2, 0.25) is 0 Å². The molecule has 0 radical (unpaired) electrons. The fraction of sp³-hybridized carbons (Fsp3) is 0.0952. The summed E-state index contributed by atoms with van der Waals surface area (Å²) in [5.41, 5.74) is 4.94. The van der Waals surface area contributed by atoms with Crippen molar-refractivity contribution in [3.05, 3.63) is 76.3 Å². The van der Waals surface area contributed by atoms with Crippen molar-refractivity contribution in [1.29, 1.82) is 0 Å². The molecule has 0 saturated heterocycles. The molecule has 0 aliphatic heterocycles. The van der Waals surface area contributed by atoms with E-state index in [4.69, 9.17) is 4.98 Å². The molecule has 4 aromatic rings. The molecule has 0 spiro atoms. The summed E-state index contributed by atoms with van der Waals surface area (Å²) >= 11 is 1.74. The number of aryl methyl sites for hydroxylation is 2. The smallest absolute Gasteiger partial charge is 0.117 e. The monoisotopic (exact) mass is 315 g/mol. The molecule has 0 amide bonds. The van der Waals surface area contributed by atoms with Gasteiger partial charge in [-0.2, -0.15) is 0 Å². The highest BCUT2D eigenvalue weighted by atomic mass is 32.1. The minimum absolute atomic E-state index is 1.05. The van der Waals surface area contributed by atoms with Gasteiger partial charge in [0.15, 0.2) is 0 Å². The Balaban J connectivity index is 1.79. The largest absolute Gasteiger partial charge is 0.236 e. The van der Waals surface area contributed by atoms with Gasteiger partial charge in [-0.3, -0.25) is 0 Å². The Morgan fingerprint density at radius 2 is 1.78 bits per heavy atom. The van der Waals surface area contributed by atoms with E-state index in [2.05, 4.69) is 80.6 Å². The van der Waals surface area contributed by atoms with E-state index in [9.17, 15) is 0 Å². The van der Waals surface area contributed by atoms with Crippen LogP contribution in [0.3, 0.4) is 0 Å². The van der Waals surface area contributed by atoms with E-state index < -0.39 is 0 Å². The zero-order valence-electron chi connectivity index (χ0n) is 13.2. The lowest BCUT2D eigenvalue weighted by Crippen LogP contribution is -1.81. The average Bonchev–Trinajstić information content (AvgIpc) is 2.99. The second-order valence-electron chi connectivity index (χ2n) is 5.88. The zero-order chi connectivity index (χ0) is 15.8. The van der Waals surface area contributed by atoms with Crippen LogP contribution in [0.5, 0.6) is 0 Å². The number of benzene rings is 3. The van der Waals surface area contributed by atoms with Crippen LogP contribution >= 0.6 is 11.3 Å². The zero-order valence-corrected chi connectivity index (χ0v) is 14.0. The van der Waals surface area contributed by atoms with Gasteiger partial charge in [-0.25, -0.2) is 4.98 Å². The summed E-state index contributed by atoms with van der Waals surface area (Å²) in [6.07, 6.45) is 4.30. The lowest BCUT2D eigenvalue weighted by atomic mass is 10.1. The summed E-state index contributed by atoms with van der Waals surface area (Å²) in [6, 6.07) is 19.3. The molecule has 0 aliphatic carbocycles. The van der Waals surface area contributed by atoms with E-state index >= 15 is 0 Å². The number of aromatic nitrogens is 1. The fourth-order valence-electron chi connectivity index (χ4n) is 2.85. The molecule has 0 unspecified atom stereocenters. The van der Waals surface area contributed by atoms with Gasteiger partial charge in [0, 0.05) is 5.39 Å². The maximum absolute atomic E-state index is 4.84. The van der Waals surface area contributed by atoms with Crippen molar-refractivity contribution in [2.24, 2.45) is 0 Å². The van der Waals surface area contributed by atoms with E-state index in [1.807, 2.05) is 0 Å². The molecule has 0 N–H and O–H groups in total. The highest BCUT2D eigenvalue weighted by Gasteiger charge is 2.05. The molecule has 0 atom stereocenters. The topological polar surface area (TPSA) is 12.9 Å². The molecule has 0 saturated carbocycles. The second kappa shape index (κ2) is 5.64. The number of hydrogen-bond acceptors (Lipinski definition) is 2. The van der Waals surface area contributed by atoms with E-state index in [0.29, 0.717) is 0 Å². The van der Waals surface area contributed by atoms with Gasteiger partial charge in [0.25, 0.3) is 0 Å². The SMILES string of the molecule is Cc1ccc(C)c(C=Cc2nc3c(ccc4ccccc43)s2)c1. The minimum Gasteiger partial charge on any atom is -0.236 e. The predicted molar refractivity (Wildman–Crippen MR) is 102 cm³/mol. The van der Waals surface area contributed by atoms with Crippen LogP contribution in [-0.4, -0.2) is 4.98 Å². The van der Waals surface area contributed by atoms with Crippen LogP contribution in [0.4, 0.5) is 0 Å². The Labute approximate surface area is 139 Å². The van der Waals surface area contributed by atoms with E-state index in [1.165, 1.54) is 32.2 Å². The molecule has 2 heteroatoms. The molecule has 1 aromatic heterocycles. The van der Waals surface area contributed by atoms with Crippen LogP contribution in [0, 0.1) is 13.8 Å². The third kappa shape index (κ3) is 2.66. The third-order valence-electron chi connectivity index (χ3n) is 4.14. The van der Waals surface area contributed by atoms with Crippen molar-refractivity contribution >= 4 is 44.5 Å². The first-order valence-corrected chi connectivity index (χ1v) is 8.56. The lowest BCUT2D eigenvalue weighted by molar-refractivity contribution is 1.38. The molecule has 0 fully saturated rings. The first kappa shape index (κ1) is 14.2. The predicted octanol–water partition coefficient (Wildman–Crippen LogP) is 6.24. The van der Waals surface area contributed by atoms with Crippen LogP contribution in [0.1, 0.15) is 21.7 Å². The number of hydrogen-bond donors (Lipinski definition) is 0. The summed E-state index contributed by atoms with van der Waals surface area (Å²) in [5, 5.41) is 3.53. The molecule has 1 heterocycles. The fourth-order valence-corrected chi connectivity index (χ4v) is 3.74. The van der Waals surface area contributed by atoms with Gasteiger partial charge in [0.1, 0.15) is 5.01 Å². The summed E-state index contributed by atoms with van der Waals surface area (Å²) in [7, 11) is 0. The Morgan fingerprint density at radius 1 is 0.913 bits per heavy atom.